The third-order valence-electron chi connectivity index (χ3n) is 2.44. The number of anilines is 1. The summed E-state index contributed by atoms with van der Waals surface area (Å²) in [4.78, 5) is 19.6. The summed E-state index contributed by atoms with van der Waals surface area (Å²) >= 11 is 0. The van der Waals surface area contributed by atoms with E-state index < -0.39 is 15.7 Å². The Hall–Kier alpha value is -2.29. The molecule has 0 aliphatic carbocycles. The van der Waals surface area contributed by atoms with Crippen LogP contribution in [0.2, 0.25) is 0 Å². The molecule has 9 heteroatoms. The molecule has 0 saturated carbocycles. The number of aryl methyl sites for hydroxylation is 1. The van der Waals surface area contributed by atoms with Crippen LogP contribution in [0, 0.1) is 0 Å². The van der Waals surface area contributed by atoms with Gasteiger partial charge in [0.15, 0.2) is 14.9 Å². The molecule has 0 bridgehead atoms. The monoisotopic (exact) mass is 295 g/mol. The number of hydrogen-bond donors (Lipinski definition) is 2. The molecule has 0 radical (unpaired) electrons. The Morgan fingerprint density at radius 2 is 2.15 bits per heavy atom. The molecule has 2 rings (SSSR count). The highest BCUT2D eigenvalue weighted by atomic mass is 32.2. The van der Waals surface area contributed by atoms with Crippen molar-refractivity contribution in [1.82, 2.24) is 20.2 Å². The normalized spacial score (nSPS) is 11.3. The number of nitrogens with one attached hydrogen (secondary N) is 2. The lowest BCUT2D eigenvalue weighted by atomic mass is 10.4. The quantitative estimate of drug-likeness (QED) is 0.844. The molecule has 2 aromatic rings. The van der Waals surface area contributed by atoms with Gasteiger partial charge in [-0.25, -0.2) is 18.4 Å². The minimum absolute atomic E-state index is 0.0223. The molecule has 2 aromatic heterocycles. The van der Waals surface area contributed by atoms with Crippen LogP contribution in [0.1, 0.15) is 23.4 Å². The summed E-state index contributed by atoms with van der Waals surface area (Å²) in [7, 11) is -3.35. The van der Waals surface area contributed by atoms with Gasteiger partial charge in [-0.15, -0.1) is 5.10 Å². The smallest absolute Gasteiger partial charge is 0.295 e. The molecule has 0 spiro atoms. The Balaban J connectivity index is 2.12. The first-order valence-corrected chi connectivity index (χ1v) is 7.68. The van der Waals surface area contributed by atoms with Gasteiger partial charge in [-0.1, -0.05) is 6.92 Å². The number of amides is 1. The van der Waals surface area contributed by atoms with Gasteiger partial charge < -0.3 is 5.32 Å². The summed E-state index contributed by atoms with van der Waals surface area (Å²) < 4.78 is 22.5. The Kier molecular flexibility index (Phi) is 3.79. The highest BCUT2D eigenvalue weighted by Crippen LogP contribution is 2.11. The van der Waals surface area contributed by atoms with E-state index in [1.54, 1.807) is 0 Å². The van der Waals surface area contributed by atoms with Gasteiger partial charge in [0.05, 0.1) is 11.9 Å². The van der Waals surface area contributed by atoms with Crippen LogP contribution in [0.15, 0.2) is 23.4 Å². The van der Waals surface area contributed by atoms with Crippen molar-refractivity contribution >= 4 is 21.4 Å². The molecule has 2 heterocycles. The standard InChI is InChI=1S/C11H13N5O3S/c1-3-8-14-10(16-15-8)11(17)13-7-4-5-9(12-6-7)20(2,18)19/h4-6H,3H2,1-2H3,(H,13,17)(H,14,15,16). The van der Waals surface area contributed by atoms with Gasteiger partial charge in [-0.2, -0.15) is 0 Å². The number of carbonyl (C=O) groups is 1. The molecule has 2 N–H and O–H groups in total. The molecule has 8 nitrogen and oxygen atoms in total. The maximum atomic E-state index is 11.8. The average molecular weight is 295 g/mol. The molecule has 0 fully saturated rings. The lowest BCUT2D eigenvalue weighted by molar-refractivity contribution is 0.101. The largest absolute Gasteiger partial charge is 0.318 e. The minimum atomic E-state index is -3.35. The van der Waals surface area contributed by atoms with Gasteiger partial charge >= 0.3 is 0 Å². The van der Waals surface area contributed by atoms with E-state index in [0.29, 0.717) is 17.9 Å². The Labute approximate surface area is 115 Å². The molecular weight excluding hydrogens is 282 g/mol. The van der Waals surface area contributed by atoms with Gasteiger partial charge in [0.2, 0.25) is 5.82 Å². The molecular formula is C11H13N5O3S. The van der Waals surface area contributed by atoms with Crippen molar-refractivity contribution in [2.75, 3.05) is 11.6 Å². The van der Waals surface area contributed by atoms with E-state index in [-0.39, 0.29) is 10.9 Å². The zero-order chi connectivity index (χ0) is 14.8. The van der Waals surface area contributed by atoms with Crippen LogP contribution < -0.4 is 5.32 Å². The van der Waals surface area contributed by atoms with Crippen LogP contribution in [0.5, 0.6) is 0 Å². The molecule has 0 aliphatic heterocycles. The van der Waals surface area contributed by atoms with Crippen molar-refractivity contribution in [2.45, 2.75) is 18.4 Å². The van der Waals surface area contributed by atoms with Gasteiger partial charge in [0.25, 0.3) is 5.91 Å². The van der Waals surface area contributed by atoms with Gasteiger partial charge in [0, 0.05) is 12.7 Å². The van der Waals surface area contributed by atoms with E-state index in [2.05, 4.69) is 25.5 Å². The molecule has 0 unspecified atom stereocenters. The first-order chi connectivity index (χ1) is 9.40. The van der Waals surface area contributed by atoms with Crippen LogP contribution in [0.3, 0.4) is 0 Å². The van der Waals surface area contributed by atoms with Crippen molar-refractivity contribution in [3.05, 3.63) is 30.0 Å². The molecule has 0 aromatic carbocycles. The van der Waals surface area contributed by atoms with Gasteiger partial charge in [-0.3, -0.25) is 9.89 Å². The predicted molar refractivity (Wildman–Crippen MR) is 71.1 cm³/mol. The third-order valence-corrected chi connectivity index (χ3v) is 3.45. The zero-order valence-corrected chi connectivity index (χ0v) is 11.7. The summed E-state index contributed by atoms with van der Waals surface area (Å²) in [5.74, 6) is 0.143. The van der Waals surface area contributed by atoms with Crippen molar-refractivity contribution in [1.29, 1.82) is 0 Å². The number of nitrogens with zero attached hydrogens (tertiary/aromatic N) is 3. The van der Waals surface area contributed by atoms with Crippen LogP contribution in [0.25, 0.3) is 0 Å². The highest BCUT2D eigenvalue weighted by molar-refractivity contribution is 7.90. The number of H-pyrrole nitrogens is 1. The fourth-order valence-corrected chi connectivity index (χ4v) is 1.97. The summed E-state index contributed by atoms with van der Waals surface area (Å²) in [6.45, 7) is 1.88. The average Bonchev–Trinajstić information content (AvgIpc) is 2.87. The highest BCUT2D eigenvalue weighted by Gasteiger charge is 2.13. The Morgan fingerprint density at radius 3 is 2.65 bits per heavy atom. The minimum Gasteiger partial charge on any atom is -0.318 e. The number of rotatable bonds is 4. The van der Waals surface area contributed by atoms with Crippen LogP contribution in [0.4, 0.5) is 5.69 Å². The molecule has 106 valence electrons. The second-order valence-electron chi connectivity index (χ2n) is 4.07. The first kappa shape index (κ1) is 14.1. The third kappa shape index (κ3) is 3.18. The molecule has 1 amide bonds. The molecule has 0 aliphatic rings. The fraction of sp³-hybridized carbons (Fsp3) is 0.273. The predicted octanol–water partition coefficient (Wildman–Crippen LogP) is 0.418. The summed E-state index contributed by atoms with van der Waals surface area (Å²) in [5.41, 5.74) is 0.366. The summed E-state index contributed by atoms with van der Waals surface area (Å²) in [5, 5.41) is 8.89. The van der Waals surface area contributed by atoms with E-state index >= 15 is 0 Å². The van der Waals surface area contributed by atoms with Crippen LogP contribution in [-0.4, -0.2) is 40.7 Å². The summed E-state index contributed by atoms with van der Waals surface area (Å²) in [6.07, 6.45) is 2.97. The van der Waals surface area contributed by atoms with Crippen molar-refractivity contribution in [2.24, 2.45) is 0 Å². The lowest BCUT2D eigenvalue weighted by Crippen LogP contribution is -2.14. The first-order valence-electron chi connectivity index (χ1n) is 5.79. The Bertz CT molecular complexity index is 721. The molecule has 0 atom stereocenters. The van der Waals surface area contributed by atoms with E-state index in [1.807, 2.05) is 6.92 Å². The zero-order valence-electron chi connectivity index (χ0n) is 10.9. The lowest BCUT2D eigenvalue weighted by Gasteiger charge is -2.02. The van der Waals surface area contributed by atoms with Crippen molar-refractivity contribution in [3.8, 4) is 0 Å². The van der Waals surface area contributed by atoms with Crippen molar-refractivity contribution < 1.29 is 13.2 Å². The number of sulfone groups is 1. The summed E-state index contributed by atoms with van der Waals surface area (Å²) in [6, 6.07) is 2.77. The topological polar surface area (TPSA) is 118 Å². The number of hydrogen-bond acceptors (Lipinski definition) is 6. The fourth-order valence-electron chi connectivity index (χ4n) is 1.42. The van der Waals surface area contributed by atoms with Crippen LogP contribution in [-0.2, 0) is 16.3 Å². The second-order valence-corrected chi connectivity index (χ2v) is 6.03. The SMILES string of the molecule is CCc1nc(C(=O)Nc2ccc(S(C)(=O)=O)nc2)n[nH]1. The second kappa shape index (κ2) is 5.37. The van der Waals surface area contributed by atoms with E-state index in [9.17, 15) is 13.2 Å². The van der Waals surface area contributed by atoms with E-state index in [0.717, 1.165) is 6.26 Å². The van der Waals surface area contributed by atoms with E-state index in [1.165, 1.54) is 18.3 Å². The maximum Gasteiger partial charge on any atom is 0.295 e. The van der Waals surface area contributed by atoms with Gasteiger partial charge in [0.1, 0.15) is 5.82 Å². The number of pyridine rings is 1. The Morgan fingerprint density at radius 1 is 1.40 bits per heavy atom. The number of aromatic nitrogens is 4. The molecule has 0 saturated heterocycles. The van der Waals surface area contributed by atoms with Crippen molar-refractivity contribution in [3.63, 3.8) is 0 Å². The number of carbonyl (C=O) groups excluding carboxylic acids is 1. The molecule has 20 heavy (non-hydrogen) atoms. The van der Waals surface area contributed by atoms with Gasteiger partial charge in [-0.05, 0) is 12.1 Å². The van der Waals surface area contributed by atoms with Crippen LogP contribution >= 0.6 is 0 Å². The maximum absolute atomic E-state index is 11.8. The number of aromatic amines is 1. The van der Waals surface area contributed by atoms with E-state index in [4.69, 9.17) is 0 Å².